The van der Waals surface area contributed by atoms with Crippen LogP contribution in [0.25, 0.3) is 6.08 Å². The van der Waals surface area contributed by atoms with E-state index in [0.717, 1.165) is 12.0 Å². The van der Waals surface area contributed by atoms with Crippen molar-refractivity contribution in [1.82, 2.24) is 4.90 Å². The Morgan fingerprint density at radius 2 is 2.00 bits per heavy atom. The molecule has 1 amide bonds. The average molecular weight is 280 g/mol. The molecule has 1 fully saturated rings. The van der Waals surface area contributed by atoms with Crippen LogP contribution in [0.5, 0.6) is 0 Å². The molecule has 1 aromatic rings. The zero-order chi connectivity index (χ0) is 13.8. The highest BCUT2D eigenvalue weighted by Crippen LogP contribution is 2.18. The Hall–Kier alpha value is -1.81. The lowest BCUT2D eigenvalue weighted by Gasteiger charge is -2.19. The van der Waals surface area contributed by atoms with E-state index in [2.05, 4.69) is 0 Å². The maximum Gasteiger partial charge on any atom is 0.326 e. The van der Waals surface area contributed by atoms with Crippen LogP contribution in [0.4, 0.5) is 0 Å². The highest BCUT2D eigenvalue weighted by atomic mass is 35.5. The van der Waals surface area contributed by atoms with Gasteiger partial charge in [-0.25, -0.2) is 4.79 Å². The third-order valence-electron chi connectivity index (χ3n) is 3.11. The second kappa shape index (κ2) is 5.89. The zero-order valence-corrected chi connectivity index (χ0v) is 11.0. The highest BCUT2D eigenvalue weighted by Gasteiger charge is 2.32. The molecule has 19 heavy (non-hydrogen) atoms. The van der Waals surface area contributed by atoms with Gasteiger partial charge in [0.25, 0.3) is 0 Å². The lowest BCUT2D eigenvalue weighted by atomic mass is 10.2. The molecule has 0 unspecified atom stereocenters. The third-order valence-corrected chi connectivity index (χ3v) is 3.36. The minimum absolute atomic E-state index is 0.264. The number of halogens is 1. The number of amides is 1. The van der Waals surface area contributed by atoms with Crippen LogP contribution < -0.4 is 0 Å². The topological polar surface area (TPSA) is 57.6 Å². The SMILES string of the molecule is O=C(O)[C@H]1CCCN1C(=O)/C=C/c1ccc(Cl)cc1. The van der Waals surface area contributed by atoms with Gasteiger partial charge >= 0.3 is 5.97 Å². The molecule has 2 rings (SSSR count). The predicted molar refractivity (Wildman–Crippen MR) is 72.9 cm³/mol. The highest BCUT2D eigenvalue weighted by molar-refractivity contribution is 6.30. The van der Waals surface area contributed by atoms with Crippen molar-refractivity contribution in [3.8, 4) is 0 Å². The second-order valence-electron chi connectivity index (χ2n) is 4.41. The summed E-state index contributed by atoms with van der Waals surface area (Å²) in [4.78, 5) is 24.3. The van der Waals surface area contributed by atoms with E-state index in [4.69, 9.17) is 16.7 Å². The Balaban J connectivity index is 2.04. The van der Waals surface area contributed by atoms with E-state index in [0.29, 0.717) is 18.0 Å². The van der Waals surface area contributed by atoms with Crippen molar-refractivity contribution >= 4 is 29.6 Å². The summed E-state index contributed by atoms with van der Waals surface area (Å²) in [5.41, 5.74) is 0.851. The summed E-state index contributed by atoms with van der Waals surface area (Å²) in [6.07, 6.45) is 4.33. The quantitative estimate of drug-likeness (QED) is 0.865. The van der Waals surface area contributed by atoms with Crippen LogP contribution >= 0.6 is 11.6 Å². The van der Waals surface area contributed by atoms with Gasteiger partial charge in [-0.05, 0) is 36.6 Å². The summed E-state index contributed by atoms with van der Waals surface area (Å²) in [7, 11) is 0. The molecule has 0 bridgehead atoms. The van der Waals surface area contributed by atoms with Crippen molar-refractivity contribution in [2.75, 3.05) is 6.54 Å². The first-order valence-electron chi connectivity index (χ1n) is 6.05. The lowest BCUT2D eigenvalue weighted by Crippen LogP contribution is -2.39. The van der Waals surface area contributed by atoms with Gasteiger partial charge < -0.3 is 10.0 Å². The first-order chi connectivity index (χ1) is 9.08. The van der Waals surface area contributed by atoms with Crippen molar-refractivity contribution in [2.24, 2.45) is 0 Å². The monoisotopic (exact) mass is 279 g/mol. The largest absolute Gasteiger partial charge is 0.480 e. The maximum atomic E-state index is 12.0. The smallest absolute Gasteiger partial charge is 0.326 e. The molecular weight excluding hydrogens is 266 g/mol. The van der Waals surface area contributed by atoms with Gasteiger partial charge in [-0.1, -0.05) is 23.7 Å². The molecule has 4 nitrogen and oxygen atoms in total. The Labute approximate surface area is 116 Å². The van der Waals surface area contributed by atoms with Crippen LogP contribution in [0.15, 0.2) is 30.3 Å². The number of carboxylic acid groups (broad SMARTS) is 1. The fourth-order valence-corrected chi connectivity index (χ4v) is 2.25. The molecule has 100 valence electrons. The van der Waals surface area contributed by atoms with Crippen molar-refractivity contribution in [2.45, 2.75) is 18.9 Å². The molecule has 1 atom stereocenters. The molecule has 1 N–H and O–H groups in total. The summed E-state index contributed by atoms with van der Waals surface area (Å²) >= 11 is 5.77. The third kappa shape index (κ3) is 3.35. The number of aliphatic carboxylic acids is 1. The summed E-state index contributed by atoms with van der Waals surface area (Å²) in [5.74, 6) is -1.20. The number of benzene rings is 1. The number of nitrogens with zero attached hydrogens (tertiary/aromatic N) is 1. The number of carbonyl (C=O) groups excluding carboxylic acids is 1. The van der Waals surface area contributed by atoms with Gasteiger partial charge in [-0.15, -0.1) is 0 Å². The summed E-state index contributed by atoms with van der Waals surface area (Å²) < 4.78 is 0. The van der Waals surface area contributed by atoms with Crippen LogP contribution in [0, 0.1) is 0 Å². The van der Waals surface area contributed by atoms with E-state index >= 15 is 0 Å². The van der Waals surface area contributed by atoms with Gasteiger partial charge in [0.05, 0.1) is 0 Å². The Bertz CT molecular complexity index is 510. The van der Waals surface area contributed by atoms with Crippen molar-refractivity contribution in [3.05, 3.63) is 40.9 Å². The minimum Gasteiger partial charge on any atom is -0.480 e. The molecule has 1 aromatic carbocycles. The molecule has 0 aliphatic carbocycles. The molecule has 0 radical (unpaired) electrons. The number of carboxylic acids is 1. The van der Waals surface area contributed by atoms with Gasteiger partial charge in [-0.3, -0.25) is 4.79 Å². The van der Waals surface area contributed by atoms with E-state index < -0.39 is 12.0 Å². The number of carbonyl (C=O) groups is 2. The maximum absolute atomic E-state index is 12.0. The standard InChI is InChI=1S/C14H14ClNO3/c15-11-6-3-10(4-7-11)5-8-13(17)16-9-1-2-12(16)14(18)19/h3-8,12H,1-2,9H2,(H,18,19)/b8-5+/t12-/m1/s1. The van der Waals surface area contributed by atoms with Crippen molar-refractivity contribution < 1.29 is 14.7 Å². The number of hydrogen-bond donors (Lipinski definition) is 1. The van der Waals surface area contributed by atoms with Crippen LogP contribution in [-0.2, 0) is 9.59 Å². The van der Waals surface area contributed by atoms with Crippen molar-refractivity contribution in [1.29, 1.82) is 0 Å². The van der Waals surface area contributed by atoms with Crippen LogP contribution in [0.3, 0.4) is 0 Å². The van der Waals surface area contributed by atoms with Gasteiger partial charge in [0, 0.05) is 17.6 Å². The van der Waals surface area contributed by atoms with E-state index in [1.54, 1.807) is 30.3 Å². The fourth-order valence-electron chi connectivity index (χ4n) is 2.12. The normalized spacial score (nSPS) is 19.0. The Kier molecular flexibility index (Phi) is 4.22. The summed E-state index contributed by atoms with van der Waals surface area (Å²) in [6.45, 7) is 0.501. The van der Waals surface area contributed by atoms with E-state index in [1.807, 2.05) is 0 Å². The summed E-state index contributed by atoms with van der Waals surface area (Å²) in [5, 5.41) is 9.65. The molecule has 0 aromatic heterocycles. The molecule has 1 aliphatic rings. The first-order valence-corrected chi connectivity index (χ1v) is 6.43. The van der Waals surface area contributed by atoms with Crippen LogP contribution in [-0.4, -0.2) is 34.5 Å². The second-order valence-corrected chi connectivity index (χ2v) is 4.85. The van der Waals surface area contributed by atoms with Crippen molar-refractivity contribution in [3.63, 3.8) is 0 Å². The number of hydrogen-bond acceptors (Lipinski definition) is 2. The van der Waals surface area contributed by atoms with Gasteiger partial charge in [-0.2, -0.15) is 0 Å². The van der Waals surface area contributed by atoms with Crippen LogP contribution in [0.2, 0.25) is 5.02 Å². The fraction of sp³-hybridized carbons (Fsp3) is 0.286. The Morgan fingerprint density at radius 1 is 1.32 bits per heavy atom. The first kappa shape index (κ1) is 13.6. The zero-order valence-electron chi connectivity index (χ0n) is 10.3. The molecule has 0 spiro atoms. The predicted octanol–water partition coefficient (Wildman–Crippen LogP) is 2.43. The molecule has 1 heterocycles. The van der Waals surface area contributed by atoms with Gasteiger partial charge in [0.15, 0.2) is 0 Å². The number of likely N-dealkylation sites (tertiary alicyclic amines) is 1. The molecule has 1 saturated heterocycles. The van der Waals surface area contributed by atoms with Gasteiger partial charge in [0.2, 0.25) is 5.91 Å². The minimum atomic E-state index is -0.939. The number of rotatable bonds is 3. The summed E-state index contributed by atoms with van der Waals surface area (Å²) in [6, 6.07) is 6.38. The molecule has 0 saturated carbocycles. The van der Waals surface area contributed by atoms with E-state index in [1.165, 1.54) is 11.0 Å². The Morgan fingerprint density at radius 3 is 2.63 bits per heavy atom. The van der Waals surface area contributed by atoms with Crippen LogP contribution in [0.1, 0.15) is 18.4 Å². The molecule has 1 aliphatic heterocycles. The molecular formula is C14H14ClNO3. The van der Waals surface area contributed by atoms with E-state index in [-0.39, 0.29) is 5.91 Å². The van der Waals surface area contributed by atoms with Gasteiger partial charge in [0.1, 0.15) is 6.04 Å². The molecule has 5 heteroatoms. The van der Waals surface area contributed by atoms with E-state index in [9.17, 15) is 9.59 Å². The lowest BCUT2D eigenvalue weighted by molar-refractivity contribution is -0.146. The average Bonchev–Trinajstić information content (AvgIpc) is 2.87.